The molecule has 0 aliphatic carbocycles. The van der Waals surface area contributed by atoms with Gasteiger partial charge in [-0.25, -0.2) is 0 Å². The van der Waals surface area contributed by atoms with Crippen molar-refractivity contribution in [2.75, 3.05) is 0 Å². The van der Waals surface area contributed by atoms with Gasteiger partial charge in [0.05, 0.1) is 0 Å². The van der Waals surface area contributed by atoms with Gasteiger partial charge in [0.15, 0.2) is 0 Å². The van der Waals surface area contributed by atoms with E-state index < -0.39 is 0 Å². The average molecular weight is 258 g/mol. The smallest absolute Gasteiger partial charge is 0.126 e. The summed E-state index contributed by atoms with van der Waals surface area (Å²) in [6.07, 6.45) is 9.16. The van der Waals surface area contributed by atoms with Gasteiger partial charge in [-0.3, -0.25) is 0 Å². The molecule has 1 aromatic rings. The zero-order valence-electron chi connectivity index (χ0n) is 12.8. The number of aryl methyl sites for hydroxylation is 1. The molecule has 0 amide bonds. The van der Waals surface area contributed by atoms with Crippen molar-refractivity contribution in [2.24, 2.45) is 5.41 Å². The summed E-state index contributed by atoms with van der Waals surface area (Å²) < 4.78 is 5.81. The Morgan fingerprint density at radius 2 is 2.05 bits per heavy atom. The molecule has 1 atom stereocenters. The van der Waals surface area contributed by atoms with E-state index in [1.165, 1.54) is 11.1 Å². The normalized spacial score (nSPS) is 13.7. The highest BCUT2D eigenvalue weighted by Crippen LogP contribution is 2.32. The van der Waals surface area contributed by atoms with Crippen molar-refractivity contribution in [3.05, 3.63) is 54.0 Å². The van der Waals surface area contributed by atoms with Gasteiger partial charge in [-0.15, -0.1) is 6.58 Å². The van der Waals surface area contributed by atoms with Crippen LogP contribution in [0.25, 0.3) is 6.08 Å². The Morgan fingerprint density at radius 1 is 1.37 bits per heavy atom. The van der Waals surface area contributed by atoms with E-state index >= 15 is 0 Å². The maximum Gasteiger partial charge on any atom is 0.126 e. The molecule has 104 valence electrons. The first-order valence-electron chi connectivity index (χ1n) is 6.89. The Kier molecular flexibility index (Phi) is 5.41. The maximum atomic E-state index is 5.81. The number of hydrogen-bond donors (Lipinski definition) is 0. The van der Waals surface area contributed by atoms with E-state index in [1.54, 1.807) is 6.08 Å². The van der Waals surface area contributed by atoms with Crippen LogP contribution in [0.2, 0.25) is 0 Å². The molecule has 0 saturated carbocycles. The van der Waals surface area contributed by atoms with Crippen LogP contribution in [-0.4, -0.2) is 0 Å². The first kappa shape index (κ1) is 15.6. The van der Waals surface area contributed by atoms with Gasteiger partial charge in [0.25, 0.3) is 0 Å². The third-order valence-electron chi connectivity index (χ3n) is 3.57. The number of furan rings is 1. The highest BCUT2D eigenvalue weighted by Gasteiger charge is 2.23. The summed E-state index contributed by atoms with van der Waals surface area (Å²) >= 11 is 0. The summed E-state index contributed by atoms with van der Waals surface area (Å²) in [7, 11) is 0. The van der Waals surface area contributed by atoms with Crippen LogP contribution in [-0.2, 0) is 6.42 Å². The Morgan fingerprint density at radius 3 is 2.53 bits per heavy atom. The summed E-state index contributed by atoms with van der Waals surface area (Å²) in [5.41, 5.74) is 2.65. The molecule has 1 rings (SSSR count). The van der Waals surface area contributed by atoms with Crippen molar-refractivity contribution in [1.82, 2.24) is 0 Å². The second kappa shape index (κ2) is 6.60. The fourth-order valence-electron chi connectivity index (χ4n) is 2.14. The summed E-state index contributed by atoms with van der Waals surface area (Å²) in [6, 6.07) is 2.04. The topological polar surface area (TPSA) is 13.1 Å². The second-order valence-electron chi connectivity index (χ2n) is 5.81. The molecule has 1 heteroatoms. The standard InChI is InChI=1S/C18H26O/c1-7-16-12-15(5)17(19-16)13-18(6,8-2)11-9-10-14(3)4/h7-8,10,12H,1-2,9,11,13H2,3-6H3. The van der Waals surface area contributed by atoms with Crippen LogP contribution < -0.4 is 0 Å². The quantitative estimate of drug-likeness (QED) is 0.571. The van der Waals surface area contributed by atoms with Gasteiger partial charge in [0, 0.05) is 6.42 Å². The summed E-state index contributed by atoms with van der Waals surface area (Å²) in [4.78, 5) is 0. The summed E-state index contributed by atoms with van der Waals surface area (Å²) in [5.74, 6) is 1.90. The molecular weight excluding hydrogens is 232 g/mol. The summed E-state index contributed by atoms with van der Waals surface area (Å²) in [6.45, 7) is 16.4. The van der Waals surface area contributed by atoms with Gasteiger partial charge in [-0.2, -0.15) is 0 Å². The molecule has 0 radical (unpaired) electrons. The molecule has 1 heterocycles. The van der Waals surface area contributed by atoms with Gasteiger partial charge in [-0.1, -0.05) is 31.2 Å². The third-order valence-corrected chi connectivity index (χ3v) is 3.57. The minimum Gasteiger partial charge on any atom is -0.461 e. The van der Waals surface area contributed by atoms with E-state index in [1.807, 2.05) is 6.07 Å². The molecular formula is C18H26O. The first-order valence-corrected chi connectivity index (χ1v) is 6.89. The Balaban J connectivity index is 2.79. The zero-order valence-corrected chi connectivity index (χ0v) is 12.8. The predicted octanol–water partition coefficient (Wildman–Crippen LogP) is 5.71. The number of allylic oxidation sites excluding steroid dienone is 3. The van der Waals surface area contributed by atoms with E-state index in [2.05, 4.69) is 53.0 Å². The minimum absolute atomic E-state index is 0.0764. The molecule has 0 aromatic carbocycles. The van der Waals surface area contributed by atoms with Gasteiger partial charge < -0.3 is 4.42 Å². The van der Waals surface area contributed by atoms with Gasteiger partial charge >= 0.3 is 0 Å². The van der Waals surface area contributed by atoms with Crippen LogP contribution in [0.3, 0.4) is 0 Å². The third kappa shape index (κ3) is 4.59. The molecule has 0 saturated heterocycles. The van der Waals surface area contributed by atoms with E-state index in [4.69, 9.17) is 4.42 Å². The second-order valence-corrected chi connectivity index (χ2v) is 5.81. The van der Waals surface area contributed by atoms with Crippen molar-refractivity contribution in [2.45, 2.75) is 47.0 Å². The lowest BCUT2D eigenvalue weighted by Gasteiger charge is -2.24. The predicted molar refractivity (Wildman–Crippen MR) is 84.2 cm³/mol. The lowest BCUT2D eigenvalue weighted by Crippen LogP contribution is -2.16. The van der Waals surface area contributed by atoms with Crippen LogP contribution in [0, 0.1) is 12.3 Å². The van der Waals surface area contributed by atoms with Crippen LogP contribution in [0.5, 0.6) is 0 Å². The maximum absolute atomic E-state index is 5.81. The van der Waals surface area contributed by atoms with Crippen molar-refractivity contribution in [1.29, 1.82) is 0 Å². The molecule has 0 spiro atoms. The Labute approximate surface area is 117 Å². The highest BCUT2D eigenvalue weighted by atomic mass is 16.3. The van der Waals surface area contributed by atoms with Gasteiger partial charge in [0.2, 0.25) is 0 Å². The van der Waals surface area contributed by atoms with E-state index in [0.717, 1.165) is 30.8 Å². The molecule has 0 N–H and O–H groups in total. The van der Waals surface area contributed by atoms with Crippen LogP contribution >= 0.6 is 0 Å². The molecule has 1 unspecified atom stereocenters. The molecule has 19 heavy (non-hydrogen) atoms. The minimum atomic E-state index is 0.0764. The Hall–Kier alpha value is -1.50. The van der Waals surface area contributed by atoms with Crippen molar-refractivity contribution < 1.29 is 4.42 Å². The molecule has 0 aliphatic rings. The molecule has 1 nitrogen and oxygen atoms in total. The Bertz CT molecular complexity index is 472. The summed E-state index contributed by atoms with van der Waals surface area (Å²) in [5, 5.41) is 0. The number of rotatable bonds is 7. The van der Waals surface area contributed by atoms with E-state index in [9.17, 15) is 0 Å². The van der Waals surface area contributed by atoms with Crippen molar-refractivity contribution in [3.8, 4) is 0 Å². The van der Waals surface area contributed by atoms with Crippen LogP contribution in [0.15, 0.2) is 41.4 Å². The van der Waals surface area contributed by atoms with Crippen molar-refractivity contribution in [3.63, 3.8) is 0 Å². The largest absolute Gasteiger partial charge is 0.461 e. The fourth-order valence-corrected chi connectivity index (χ4v) is 2.14. The van der Waals surface area contributed by atoms with Gasteiger partial charge in [-0.05, 0) is 56.7 Å². The lowest BCUT2D eigenvalue weighted by molar-refractivity contribution is 0.350. The fraction of sp³-hybridized carbons (Fsp3) is 0.444. The highest BCUT2D eigenvalue weighted by molar-refractivity contribution is 5.42. The number of hydrogen-bond acceptors (Lipinski definition) is 1. The average Bonchev–Trinajstić information content (AvgIpc) is 2.69. The zero-order chi connectivity index (χ0) is 14.5. The van der Waals surface area contributed by atoms with E-state index in [-0.39, 0.29) is 5.41 Å². The molecule has 0 aliphatic heterocycles. The van der Waals surface area contributed by atoms with Gasteiger partial charge in [0.1, 0.15) is 11.5 Å². The van der Waals surface area contributed by atoms with Crippen molar-refractivity contribution >= 4 is 6.08 Å². The first-order chi connectivity index (χ1) is 8.90. The monoisotopic (exact) mass is 258 g/mol. The molecule has 0 bridgehead atoms. The molecule has 0 fully saturated rings. The van der Waals surface area contributed by atoms with Crippen LogP contribution in [0.4, 0.5) is 0 Å². The van der Waals surface area contributed by atoms with Crippen LogP contribution in [0.1, 0.15) is 50.7 Å². The SMILES string of the molecule is C=Cc1cc(C)c(CC(C)(C=C)CCC=C(C)C)o1. The lowest BCUT2D eigenvalue weighted by atomic mass is 9.81. The molecule has 1 aromatic heterocycles. The van der Waals surface area contributed by atoms with E-state index in [0.29, 0.717) is 0 Å².